The molecule has 0 aromatic heterocycles. The molecule has 0 aliphatic carbocycles. The van der Waals surface area contributed by atoms with Gasteiger partial charge in [0.15, 0.2) is 0 Å². The molecule has 24 heavy (non-hydrogen) atoms. The number of rotatable bonds is 7. The molecule has 1 amide bonds. The van der Waals surface area contributed by atoms with Gasteiger partial charge in [0.1, 0.15) is 18.9 Å². The lowest BCUT2D eigenvalue weighted by Crippen LogP contribution is -2.42. The molecule has 0 unspecified atom stereocenters. The van der Waals surface area contributed by atoms with Crippen LogP contribution < -0.4 is 5.32 Å². The number of amides is 1. The van der Waals surface area contributed by atoms with E-state index < -0.39 is 18.1 Å². The van der Waals surface area contributed by atoms with Gasteiger partial charge in [-0.1, -0.05) is 54.6 Å². The molecule has 0 saturated carbocycles. The summed E-state index contributed by atoms with van der Waals surface area (Å²) in [6, 6.07) is 14.5. The van der Waals surface area contributed by atoms with Gasteiger partial charge in [-0.25, -0.2) is 9.59 Å². The average molecular weight is 327 g/mol. The molecule has 2 aromatic rings. The van der Waals surface area contributed by atoms with Crippen molar-refractivity contribution in [1.82, 2.24) is 5.32 Å². The number of aliphatic carboxylic acids is 1. The highest BCUT2D eigenvalue weighted by Crippen LogP contribution is 2.10. The number of hydrogen-bond donors (Lipinski definition) is 2. The molecule has 0 aliphatic rings. The van der Waals surface area contributed by atoms with E-state index in [9.17, 15) is 19.5 Å². The number of hydrogen-bond acceptors (Lipinski definition) is 4. The van der Waals surface area contributed by atoms with E-state index >= 15 is 0 Å². The molecule has 2 rings (SSSR count). The van der Waals surface area contributed by atoms with Gasteiger partial charge in [0.25, 0.3) is 0 Å². The fourth-order valence-corrected chi connectivity index (χ4v) is 2.16. The van der Waals surface area contributed by atoms with Crippen LogP contribution in [-0.2, 0) is 22.6 Å². The summed E-state index contributed by atoms with van der Waals surface area (Å²) in [5.41, 5.74) is 1.73. The Balaban J connectivity index is 1.96. The quantitative estimate of drug-likeness (QED) is 0.762. The third kappa shape index (κ3) is 4.95. The summed E-state index contributed by atoms with van der Waals surface area (Å²) in [5, 5.41) is 11.6. The van der Waals surface area contributed by atoms with E-state index in [1.54, 1.807) is 36.4 Å². The lowest BCUT2D eigenvalue weighted by molar-refractivity contribution is -0.139. The van der Waals surface area contributed by atoms with Crippen molar-refractivity contribution in [2.75, 3.05) is 0 Å². The van der Waals surface area contributed by atoms with E-state index in [0.717, 1.165) is 5.56 Å². The van der Waals surface area contributed by atoms with Gasteiger partial charge >= 0.3 is 12.1 Å². The Morgan fingerprint density at radius 3 is 2.42 bits per heavy atom. The second-order valence-corrected chi connectivity index (χ2v) is 5.12. The molecule has 0 bridgehead atoms. The molecule has 0 saturated heterocycles. The highest BCUT2D eigenvalue weighted by molar-refractivity contribution is 5.82. The molecule has 1 atom stereocenters. The SMILES string of the molecule is O=Cc1ccccc1C[C@H](NC(=O)OCc1ccccc1)C(=O)O. The van der Waals surface area contributed by atoms with Gasteiger partial charge in [0.05, 0.1) is 0 Å². The van der Waals surface area contributed by atoms with E-state index in [4.69, 9.17) is 4.74 Å². The minimum absolute atomic E-state index is 0.00924. The van der Waals surface area contributed by atoms with Crippen molar-refractivity contribution in [3.8, 4) is 0 Å². The fraction of sp³-hybridized carbons (Fsp3) is 0.167. The average Bonchev–Trinajstić information content (AvgIpc) is 2.60. The van der Waals surface area contributed by atoms with Crippen LogP contribution in [0.3, 0.4) is 0 Å². The maximum Gasteiger partial charge on any atom is 0.408 e. The van der Waals surface area contributed by atoms with Crippen molar-refractivity contribution >= 4 is 18.3 Å². The summed E-state index contributed by atoms with van der Waals surface area (Å²) in [7, 11) is 0. The van der Waals surface area contributed by atoms with Gasteiger partial charge in [-0.15, -0.1) is 0 Å². The maximum atomic E-state index is 11.8. The van der Waals surface area contributed by atoms with Gasteiger partial charge in [0.2, 0.25) is 0 Å². The molecular formula is C18H17NO5. The van der Waals surface area contributed by atoms with Gasteiger partial charge < -0.3 is 15.2 Å². The predicted octanol–water partition coefficient (Wildman–Crippen LogP) is 2.42. The summed E-state index contributed by atoms with van der Waals surface area (Å²) in [6.45, 7) is 0.0456. The maximum absolute atomic E-state index is 11.8. The summed E-state index contributed by atoms with van der Waals surface area (Å²) in [6.07, 6.45) is -0.179. The van der Waals surface area contributed by atoms with Gasteiger partial charge in [-0.05, 0) is 11.1 Å². The number of carbonyl (C=O) groups excluding carboxylic acids is 2. The first-order valence-electron chi connectivity index (χ1n) is 7.33. The minimum Gasteiger partial charge on any atom is -0.480 e. The number of aldehydes is 1. The van der Waals surface area contributed by atoms with Crippen LogP contribution in [0.25, 0.3) is 0 Å². The largest absolute Gasteiger partial charge is 0.480 e. The molecule has 2 aromatic carbocycles. The van der Waals surface area contributed by atoms with Crippen LogP contribution in [0.15, 0.2) is 54.6 Å². The highest BCUT2D eigenvalue weighted by Gasteiger charge is 2.22. The summed E-state index contributed by atoms with van der Waals surface area (Å²) in [4.78, 5) is 34.2. The van der Waals surface area contributed by atoms with Gasteiger partial charge in [-0.2, -0.15) is 0 Å². The molecule has 0 spiro atoms. The van der Waals surface area contributed by atoms with Crippen LogP contribution in [0.2, 0.25) is 0 Å². The number of benzene rings is 2. The molecule has 0 radical (unpaired) electrons. The summed E-state index contributed by atoms with van der Waals surface area (Å²) >= 11 is 0. The minimum atomic E-state index is -1.20. The van der Waals surface area contributed by atoms with Crippen molar-refractivity contribution in [3.63, 3.8) is 0 Å². The molecule has 6 heteroatoms. The molecular weight excluding hydrogens is 310 g/mol. The summed E-state index contributed by atoms with van der Waals surface area (Å²) in [5.74, 6) is -1.20. The molecule has 6 nitrogen and oxygen atoms in total. The lowest BCUT2D eigenvalue weighted by atomic mass is 10.0. The lowest BCUT2D eigenvalue weighted by Gasteiger charge is -2.15. The van der Waals surface area contributed by atoms with E-state index in [1.165, 1.54) is 0 Å². The highest BCUT2D eigenvalue weighted by atomic mass is 16.5. The number of alkyl carbamates (subject to hydrolysis) is 1. The predicted molar refractivity (Wildman–Crippen MR) is 86.7 cm³/mol. The van der Waals surface area contributed by atoms with Crippen molar-refractivity contribution in [3.05, 3.63) is 71.3 Å². The van der Waals surface area contributed by atoms with Crippen LogP contribution in [0.5, 0.6) is 0 Å². The third-order valence-corrected chi connectivity index (χ3v) is 3.41. The zero-order valence-electron chi connectivity index (χ0n) is 12.8. The number of carbonyl (C=O) groups is 3. The Morgan fingerprint density at radius 1 is 1.08 bits per heavy atom. The first-order valence-corrected chi connectivity index (χ1v) is 7.33. The molecule has 2 N–H and O–H groups in total. The van der Waals surface area contributed by atoms with E-state index in [0.29, 0.717) is 17.4 Å². The molecule has 0 heterocycles. The van der Waals surface area contributed by atoms with E-state index in [1.807, 2.05) is 18.2 Å². The number of carboxylic acids is 1. The zero-order valence-corrected chi connectivity index (χ0v) is 12.8. The smallest absolute Gasteiger partial charge is 0.408 e. The van der Waals surface area contributed by atoms with Crippen molar-refractivity contribution in [1.29, 1.82) is 0 Å². The molecule has 124 valence electrons. The standard InChI is InChI=1S/C18H17NO5/c20-11-15-9-5-4-8-14(15)10-16(17(21)22)19-18(23)24-12-13-6-2-1-3-7-13/h1-9,11,16H,10,12H2,(H,19,23)(H,21,22)/t16-/m0/s1. The van der Waals surface area contributed by atoms with Crippen LogP contribution in [0.1, 0.15) is 21.5 Å². The Hall–Kier alpha value is -3.15. The monoisotopic (exact) mass is 327 g/mol. The van der Waals surface area contributed by atoms with Crippen molar-refractivity contribution < 1.29 is 24.2 Å². The fourth-order valence-electron chi connectivity index (χ4n) is 2.16. The van der Waals surface area contributed by atoms with Gasteiger partial charge in [-0.3, -0.25) is 4.79 Å². The third-order valence-electron chi connectivity index (χ3n) is 3.41. The van der Waals surface area contributed by atoms with Crippen LogP contribution in [0, 0.1) is 0 Å². The van der Waals surface area contributed by atoms with Crippen LogP contribution >= 0.6 is 0 Å². The number of carboxylic acid groups (broad SMARTS) is 1. The summed E-state index contributed by atoms with van der Waals surface area (Å²) < 4.78 is 5.02. The Kier molecular flexibility index (Phi) is 6.08. The Labute approximate surface area is 139 Å². The topological polar surface area (TPSA) is 92.7 Å². The van der Waals surface area contributed by atoms with E-state index in [-0.39, 0.29) is 13.0 Å². The van der Waals surface area contributed by atoms with Crippen molar-refractivity contribution in [2.24, 2.45) is 0 Å². The Morgan fingerprint density at radius 2 is 1.75 bits per heavy atom. The second-order valence-electron chi connectivity index (χ2n) is 5.12. The number of ether oxygens (including phenoxy) is 1. The van der Waals surface area contributed by atoms with Gasteiger partial charge in [0, 0.05) is 12.0 Å². The number of nitrogens with one attached hydrogen (secondary N) is 1. The second kappa shape index (κ2) is 8.47. The Bertz CT molecular complexity index is 714. The first-order chi connectivity index (χ1) is 11.6. The van der Waals surface area contributed by atoms with Crippen LogP contribution in [0.4, 0.5) is 4.79 Å². The normalized spacial score (nSPS) is 11.3. The van der Waals surface area contributed by atoms with E-state index in [2.05, 4.69) is 5.32 Å². The zero-order chi connectivity index (χ0) is 17.4. The first kappa shape index (κ1) is 17.2. The molecule has 0 fully saturated rings. The van der Waals surface area contributed by atoms with Crippen molar-refractivity contribution in [2.45, 2.75) is 19.1 Å². The van der Waals surface area contributed by atoms with Crippen LogP contribution in [-0.4, -0.2) is 29.5 Å². The molecule has 0 aliphatic heterocycles.